The highest BCUT2D eigenvalue weighted by atomic mass is 16.3. The van der Waals surface area contributed by atoms with Crippen LogP contribution in [0.1, 0.15) is 37.9 Å². The molecular formula is C13H19NO. The summed E-state index contributed by atoms with van der Waals surface area (Å²) in [5.41, 5.74) is 2.55. The van der Waals surface area contributed by atoms with E-state index in [1.54, 1.807) is 0 Å². The van der Waals surface area contributed by atoms with Crippen LogP contribution in [0, 0.1) is 0 Å². The van der Waals surface area contributed by atoms with Crippen LogP contribution in [-0.2, 0) is 6.42 Å². The Kier molecular flexibility index (Phi) is 2.57. The van der Waals surface area contributed by atoms with Crippen molar-refractivity contribution in [2.75, 3.05) is 0 Å². The van der Waals surface area contributed by atoms with Crippen LogP contribution in [0.5, 0.6) is 0 Å². The molecule has 0 saturated heterocycles. The third-order valence-corrected chi connectivity index (χ3v) is 2.79. The van der Waals surface area contributed by atoms with E-state index < -0.39 is 0 Å². The predicted octanol–water partition coefficient (Wildman–Crippen LogP) is 2.03. The van der Waals surface area contributed by atoms with Gasteiger partial charge in [0.1, 0.15) is 0 Å². The molecule has 1 aromatic carbocycles. The second-order valence-corrected chi connectivity index (χ2v) is 5.34. The SMILES string of the molecule is CC(C)(C)N[C@H]1c2ccccc2C[C@H]1O. The number of rotatable bonds is 1. The van der Waals surface area contributed by atoms with Crippen LogP contribution in [0.4, 0.5) is 0 Å². The van der Waals surface area contributed by atoms with Crippen molar-refractivity contribution in [1.82, 2.24) is 5.32 Å². The molecule has 0 bridgehead atoms. The van der Waals surface area contributed by atoms with E-state index in [1.807, 2.05) is 12.1 Å². The number of fused-ring (bicyclic) bond motifs is 1. The Labute approximate surface area is 91.3 Å². The number of benzene rings is 1. The number of aliphatic hydroxyl groups is 1. The highest BCUT2D eigenvalue weighted by molar-refractivity contribution is 5.36. The maximum Gasteiger partial charge on any atom is 0.0775 e. The lowest BCUT2D eigenvalue weighted by Crippen LogP contribution is -2.42. The quantitative estimate of drug-likeness (QED) is 0.735. The largest absolute Gasteiger partial charge is 0.391 e. The smallest absolute Gasteiger partial charge is 0.0775 e. The van der Waals surface area contributed by atoms with E-state index in [2.05, 4.69) is 38.2 Å². The number of aliphatic hydroxyl groups excluding tert-OH is 1. The molecule has 0 amide bonds. The van der Waals surface area contributed by atoms with Gasteiger partial charge >= 0.3 is 0 Å². The molecule has 2 N–H and O–H groups in total. The summed E-state index contributed by atoms with van der Waals surface area (Å²) >= 11 is 0. The van der Waals surface area contributed by atoms with Crippen molar-refractivity contribution in [2.24, 2.45) is 0 Å². The van der Waals surface area contributed by atoms with Gasteiger partial charge in [0.2, 0.25) is 0 Å². The zero-order valence-electron chi connectivity index (χ0n) is 9.62. The van der Waals surface area contributed by atoms with Gasteiger partial charge in [-0.25, -0.2) is 0 Å². The van der Waals surface area contributed by atoms with Gasteiger partial charge in [0.05, 0.1) is 12.1 Å². The average molecular weight is 205 g/mol. The Morgan fingerprint density at radius 2 is 1.93 bits per heavy atom. The van der Waals surface area contributed by atoms with Crippen molar-refractivity contribution in [3.8, 4) is 0 Å². The summed E-state index contributed by atoms with van der Waals surface area (Å²) < 4.78 is 0. The lowest BCUT2D eigenvalue weighted by atomic mass is 10.0. The van der Waals surface area contributed by atoms with E-state index in [9.17, 15) is 5.11 Å². The summed E-state index contributed by atoms with van der Waals surface area (Å²) in [5, 5.41) is 13.5. The summed E-state index contributed by atoms with van der Waals surface area (Å²) in [6.07, 6.45) is 0.478. The standard InChI is InChI=1S/C13H19NO/c1-13(2,3)14-12-10-7-5-4-6-9(10)8-11(12)15/h4-7,11-12,14-15H,8H2,1-3H3/t11-,12+/m1/s1. The fourth-order valence-corrected chi connectivity index (χ4v) is 2.21. The average Bonchev–Trinajstić information content (AvgIpc) is 2.41. The van der Waals surface area contributed by atoms with Gasteiger partial charge < -0.3 is 10.4 Å². The minimum absolute atomic E-state index is 0.0309. The van der Waals surface area contributed by atoms with Crippen LogP contribution in [0.2, 0.25) is 0 Å². The zero-order valence-corrected chi connectivity index (χ0v) is 9.62. The van der Waals surface area contributed by atoms with Gasteiger partial charge in [-0.05, 0) is 31.9 Å². The maximum absolute atomic E-state index is 10.0. The van der Waals surface area contributed by atoms with Crippen molar-refractivity contribution in [1.29, 1.82) is 0 Å². The molecule has 0 aliphatic heterocycles. The van der Waals surface area contributed by atoms with Crippen LogP contribution in [0.25, 0.3) is 0 Å². The summed E-state index contributed by atoms with van der Waals surface area (Å²) in [6, 6.07) is 8.36. The van der Waals surface area contributed by atoms with Crippen molar-refractivity contribution >= 4 is 0 Å². The van der Waals surface area contributed by atoms with E-state index in [1.165, 1.54) is 11.1 Å². The third-order valence-electron chi connectivity index (χ3n) is 2.79. The first-order chi connectivity index (χ1) is 6.97. The van der Waals surface area contributed by atoms with Crippen LogP contribution in [0.3, 0.4) is 0 Å². The van der Waals surface area contributed by atoms with Crippen LogP contribution < -0.4 is 5.32 Å². The first-order valence-electron chi connectivity index (χ1n) is 5.51. The third kappa shape index (κ3) is 2.21. The van der Waals surface area contributed by atoms with Gasteiger partial charge in [-0.3, -0.25) is 0 Å². The van der Waals surface area contributed by atoms with Crippen LogP contribution >= 0.6 is 0 Å². The summed E-state index contributed by atoms with van der Waals surface area (Å²) in [5.74, 6) is 0. The van der Waals surface area contributed by atoms with E-state index in [-0.39, 0.29) is 17.7 Å². The molecule has 1 aliphatic carbocycles. The van der Waals surface area contributed by atoms with E-state index in [0.717, 1.165) is 6.42 Å². The minimum atomic E-state index is -0.290. The molecule has 2 atom stereocenters. The summed E-state index contributed by atoms with van der Waals surface area (Å²) in [6.45, 7) is 6.38. The first-order valence-corrected chi connectivity index (χ1v) is 5.51. The number of hydrogen-bond donors (Lipinski definition) is 2. The molecule has 2 heteroatoms. The van der Waals surface area contributed by atoms with Gasteiger partial charge in [-0.1, -0.05) is 24.3 Å². The summed E-state index contributed by atoms with van der Waals surface area (Å²) in [4.78, 5) is 0. The zero-order chi connectivity index (χ0) is 11.1. The van der Waals surface area contributed by atoms with Gasteiger partial charge in [0.15, 0.2) is 0 Å². The van der Waals surface area contributed by atoms with Gasteiger partial charge in [0, 0.05) is 12.0 Å². The molecule has 0 saturated carbocycles. The van der Waals surface area contributed by atoms with Crippen molar-refractivity contribution in [2.45, 2.75) is 44.9 Å². The molecule has 1 aliphatic rings. The van der Waals surface area contributed by atoms with Crippen molar-refractivity contribution < 1.29 is 5.11 Å². The van der Waals surface area contributed by atoms with Gasteiger partial charge in [-0.15, -0.1) is 0 Å². The van der Waals surface area contributed by atoms with Crippen molar-refractivity contribution in [3.05, 3.63) is 35.4 Å². The minimum Gasteiger partial charge on any atom is -0.391 e. The lowest BCUT2D eigenvalue weighted by molar-refractivity contribution is 0.126. The van der Waals surface area contributed by atoms with Crippen LogP contribution in [0.15, 0.2) is 24.3 Å². The Morgan fingerprint density at radius 1 is 1.27 bits per heavy atom. The molecule has 2 rings (SSSR count). The Hall–Kier alpha value is -0.860. The van der Waals surface area contributed by atoms with Crippen LogP contribution in [-0.4, -0.2) is 16.7 Å². The number of hydrogen-bond acceptors (Lipinski definition) is 2. The monoisotopic (exact) mass is 205 g/mol. The molecule has 0 radical (unpaired) electrons. The Bertz CT molecular complexity index is 354. The normalized spacial score (nSPS) is 25.3. The molecule has 1 aromatic rings. The van der Waals surface area contributed by atoms with Gasteiger partial charge in [0.25, 0.3) is 0 Å². The fraction of sp³-hybridized carbons (Fsp3) is 0.538. The topological polar surface area (TPSA) is 32.3 Å². The Morgan fingerprint density at radius 3 is 2.60 bits per heavy atom. The summed E-state index contributed by atoms with van der Waals surface area (Å²) in [7, 11) is 0. The highest BCUT2D eigenvalue weighted by Gasteiger charge is 2.32. The van der Waals surface area contributed by atoms with E-state index >= 15 is 0 Å². The molecule has 0 spiro atoms. The Balaban J connectivity index is 2.26. The molecule has 0 aromatic heterocycles. The second-order valence-electron chi connectivity index (χ2n) is 5.34. The van der Waals surface area contributed by atoms with E-state index in [0.29, 0.717) is 0 Å². The molecular weight excluding hydrogens is 186 g/mol. The predicted molar refractivity (Wildman–Crippen MR) is 61.8 cm³/mol. The number of nitrogens with one attached hydrogen (secondary N) is 1. The molecule has 2 nitrogen and oxygen atoms in total. The molecule has 0 heterocycles. The van der Waals surface area contributed by atoms with E-state index in [4.69, 9.17) is 0 Å². The first kappa shape index (κ1) is 10.7. The van der Waals surface area contributed by atoms with Crippen molar-refractivity contribution in [3.63, 3.8) is 0 Å². The fourth-order valence-electron chi connectivity index (χ4n) is 2.21. The lowest BCUT2D eigenvalue weighted by Gasteiger charge is -2.28. The van der Waals surface area contributed by atoms with Gasteiger partial charge in [-0.2, -0.15) is 0 Å². The second kappa shape index (κ2) is 3.62. The molecule has 15 heavy (non-hydrogen) atoms. The maximum atomic E-state index is 10.0. The molecule has 82 valence electrons. The molecule has 0 fully saturated rings. The highest BCUT2D eigenvalue weighted by Crippen LogP contribution is 2.32. The molecule has 0 unspecified atom stereocenters.